The first-order chi connectivity index (χ1) is 8.31. The molecule has 17 heavy (non-hydrogen) atoms. The second kappa shape index (κ2) is 4.87. The summed E-state index contributed by atoms with van der Waals surface area (Å²) >= 11 is 0. The van der Waals surface area contributed by atoms with Gasteiger partial charge < -0.3 is 10.0 Å². The van der Waals surface area contributed by atoms with E-state index in [1.807, 2.05) is 0 Å². The highest BCUT2D eigenvalue weighted by Gasteiger charge is 2.37. The van der Waals surface area contributed by atoms with Gasteiger partial charge in [-0.25, -0.2) is 0 Å². The Morgan fingerprint density at radius 1 is 1.00 bits per heavy atom. The number of aliphatic hydroxyl groups is 1. The van der Waals surface area contributed by atoms with Crippen molar-refractivity contribution in [1.29, 1.82) is 0 Å². The van der Waals surface area contributed by atoms with Crippen molar-refractivity contribution in [2.75, 3.05) is 39.3 Å². The van der Waals surface area contributed by atoms with E-state index >= 15 is 0 Å². The Morgan fingerprint density at radius 3 is 2.18 bits per heavy atom. The lowest BCUT2D eigenvalue weighted by molar-refractivity contribution is 0.0478. The van der Waals surface area contributed by atoms with E-state index in [4.69, 9.17) is 0 Å². The average molecular weight is 238 g/mol. The highest BCUT2D eigenvalue weighted by molar-refractivity contribution is 4.91. The number of nitrogens with zero attached hydrogens (tertiary/aromatic N) is 2. The van der Waals surface area contributed by atoms with Gasteiger partial charge in [-0.15, -0.1) is 0 Å². The van der Waals surface area contributed by atoms with Crippen LogP contribution in [0.5, 0.6) is 0 Å². The van der Waals surface area contributed by atoms with Crippen LogP contribution in [0.1, 0.15) is 38.5 Å². The molecule has 3 heteroatoms. The molecule has 1 aliphatic heterocycles. The molecule has 0 bridgehead atoms. The largest absolute Gasteiger partial charge is 0.396 e. The van der Waals surface area contributed by atoms with E-state index in [0.717, 1.165) is 12.6 Å². The molecule has 0 spiro atoms. The number of hydrogen-bond donors (Lipinski definition) is 1. The van der Waals surface area contributed by atoms with E-state index < -0.39 is 0 Å². The number of aliphatic hydroxyl groups excluding tert-OH is 1. The molecule has 0 amide bonds. The Bertz CT molecular complexity index is 251. The van der Waals surface area contributed by atoms with Gasteiger partial charge in [0, 0.05) is 50.8 Å². The van der Waals surface area contributed by atoms with Crippen LogP contribution in [0, 0.1) is 5.41 Å². The molecule has 3 nitrogen and oxygen atoms in total. The summed E-state index contributed by atoms with van der Waals surface area (Å²) in [6.07, 6.45) is 7.99. The highest BCUT2D eigenvalue weighted by atomic mass is 16.3. The first kappa shape index (κ1) is 11.9. The molecule has 0 aromatic carbocycles. The van der Waals surface area contributed by atoms with Gasteiger partial charge in [-0.05, 0) is 25.7 Å². The van der Waals surface area contributed by atoms with E-state index in [2.05, 4.69) is 9.80 Å². The fourth-order valence-electron chi connectivity index (χ4n) is 3.69. The normalized spacial score (nSPS) is 30.9. The quantitative estimate of drug-likeness (QED) is 0.800. The van der Waals surface area contributed by atoms with Gasteiger partial charge in [0.2, 0.25) is 0 Å². The van der Waals surface area contributed by atoms with E-state index in [1.54, 1.807) is 0 Å². The van der Waals surface area contributed by atoms with Crippen molar-refractivity contribution in [3.05, 3.63) is 0 Å². The molecular weight excluding hydrogens is 212 g/mol. The van der Waals surface area contributed by atoms with Crippen molar-refractivity contribution in [1.82, 2.24) is 9.80 Å². The number of piperazine rings is 1. The van der Waals surface area contributed by atoms with Gasteiger partial charge >= 0.3 is 0 Å². The lowest BCUT2D eigenvalue weighted by atomic mass is 9.86. The van der Waals surface area contributed by atoms with Gasteiger partial charge in [-0.3, -0.25) is 4.90 Å². The third-order valence-electron chi connectivity index (χ3n) is 5.03. The Morgan fingerprint density at radius 2 is 1.65 bits per heavy atom. The molecule has 0 atom stereocenters. The van der Waals surface area contributed by atoms with E-state index in [0.29, 0.717) is 6.61 Å². The first-order valence-electron chi connectivity index (χ1n) is 7.39. The summed E-state index contributed by atoms with van der Waals surface area (Å²) in [7, 11) is 0. The number of rotatable bonds is 4. The minimum Gasteiger partial charge on any atom is -0.396 e. The van der Waals surface area contributed by atoms with Gasteiger partial charge in [0.05, 0.1) is 0 Å². The van der Waals surface area contributed by atoms with Crippen LogP contribution in [0.4, 0.5) is 0 Å². The molecule has 98 valence electrons. The zero-order chi connectivity index (χ0) is 11.7. The van der Waals surface area contributed by atoms with Gasteiger partial charge in [0.1, 0.15) is 0 Å². The molecule has 3 aliphatic rings. The molecule has 0 aromatic heterocycles. The lowest BCUT2D eigenvalue weighted by Gasteiger charge is -2.39. The molecule has 1 heterocycles. The maximum absolute atomic E-state index is 9.66. The molecule has 2 aliphatic carbocycles. The maximum Gasteiger partial charge on any atom is 0.0499 e. The summed E-state index contributed by atoms with van der Waals surface area (Å²) in [6, 6.07) is 0.926. The van der Waals surface area contributed by atoms with Gasteiger partial charge in [-0.2, -0.15) is 0 Å². The fraction of sp³-hybridized carbons (Fsp3) is 1.00. The minimum absolute atomic E-state index is 0.252. The molecule has 3 rings (SSSR count). The monoisotopic (exact) mass is 238 g/mol. The van der Waals surface area contributed by atoms with Gasteiger partial charge in [0.25, 0.3) is 0 Å². The van der Waals surface area contributed by atoms with Crippen LogP contribution in [0.25, 0.3) is 0 Å². The molecule has 0 radical (unpaired) electrons. The van der Waals surface area contributed by atoms with Crippen molar-refractivity contribution in [3.63, 3.8) is 0 Å². The van der Waals surface area contributed by atoms with Crippen LogP contribution >= 0.6 is 0 Å². The summed E-state index contributed by atoms with van der Waals surface area (Å²) in [5.74, 6) is 0. The van der Waals surface area contributed by atoms with Crippen molar-refractivity contribution < 1.29 is 5.11 Å². The summed E-state index contributed by atoms with van der Waals surface area (Å²) in [5, 5.41) is 9.66. The van der Waals surface area contributed by atoms with Crippen LogP contribution in [0.2, 0.25) is 0 Å². The van der Waals surface area contributed by atoms with Crippen LogP contribution in [-0.2, 0) is 0 Å². The molecule has 1 saturated heterocycles. The summed E-state index contributed by atoms with van der Waals surface area (Å²) < 4.78 is 0. The van der Waals surface area contributed by atoms with Crippen molar-refractivity contribution in [2.24, 2.45) is 5.41 Å². The van der Waals surface area contributed by atoms with Crippen LogP contribution in [0.3, 0.4) is 0 Å². The minimum atomic E-state index is 0.252. The summed E-state index contributed by atoms with van der Waals surface area (Å²) in [6.45, 7) is 6.49. The van der Waals surface area contributed by atoms with Gasteiger partial charge in [0.15, 0.2) is 0 Å². The van der Waals surface area contributed by atoms with Crippen LogP contribution in [-0.4, -0.2) is 60.3 Å². The Balaban J connectivity index is 1.49. The molecule has 0 aromatic rings. The first-order valence-corrected chi connectivity index (χ1v) is 7.39. The summed E-state index contributed by atoms with van der Waals surface area (Å²) in [4.78, 5) is 5.26. The maximum atomic E-state index is 9.66. The lowest BCUT2D eigenvalue weighted by Crippen LogP contribution is -2.50. The third-order valence-corrected chi connectivity index (χ3v) is 5.03. The van der Waals surface area contributed by atoms with Crippen LogP contribution in [0.15, 0.2) is 0 Å². The second-order valence-electron chi connectivity index (χ2n) is 6.41. The topological polar surface area (TPSA) is 26.7 Å². The number of hydrogen-bond acceptors (Lipinski definition) is 3. The predicted molar refractivity (Wildman–Crippen MR) is 69.0 cm³/mol. The molecule has 2 saturated carbocycles. The van der Waals surface area contributed by atoms with E-state index in [1.165, 1.54) is 64.7 Å². The van der Waals surface area contributed by atoms with E-state index in [-0.39, 0.29) is 5.41 Å². The van der Waals surface area contributed by atoms with Crippen molar-refractivity contribution in [3.8, 4) is 0 Å². The zero-order valence-electron chi connectivity index (χ0n) is 10.9. The molecule has 3 fully saturated rings. The fourth-order valence-corrected chi connectivity index (χ4v) is 3.69. The Kier molecular flexibility index (Phi) is 3.42. The zero-order valence-corrected chi connectivity index (χ0v) is 10.9. The smallest absolute Gasteiger partial charge is 0.0499 e. The van der Waals surface area contributed by atoms with Crippen molar-refractivity contribution >= 4 is 0 Å². The average Bonchev–Trinajstić information content (AvgIpc) is 3.11. The SMILES string of the molecule is OCC1(CN2CCN(C3CC3)CC2)CCCC1. The van der Waals surface area contributed by atoms with Gasteiger partial charge in [-0.1, -0.05) is 12.8 Å². The van der Waals surface area contributed by atoms with Crippen LogP contribution < -0.4 is 0 Å². The predicted octanol–water partition coefficient (Wildman–Crippen LogP) is 1.32. The van der Waals surface area contributed by atoms with Crippen molar-refractivity contribution in [2.45, 2.75) is 44.6 Å². The highest BCUT2D eigenvalue weighted by Crippen LogP contribution is 2.38. The van der Waals surface area contributed by atoms with E-state index in [9.17, 15) is 5.11 Å². The molecular formula is C14H26N2O. The summed E-state index contributed by atoms with van der Waals surface area (Å²) in [5.41, 5.74) is 0.252. The molecule has 1 N–H and O–H groups in total. The Labute approximate surface area is 105 Å². The standard InChI is InChI=1S/C14H26N2O/c17-12-14(5-1-2-6-14)11-15-7-9-16(10-8-15)13-3-4-13/h13,17H,1-12H2. The third kappa shape index (κ3) is 2.67. The molecule has 0 unspecified atom stereocenters. The second-order valence-corrected chi connectivity index (χ2v) is 6.41. The Hall–Kier alpha value is -0.120.